The molecule has 0 spiro atoms. The van der Waals surface area contributed by atoms with Gasteiger partial charge in [0.25, 0.3) is 0 Å². The highest BCUT2D eigenvalue weighted by Gasteiger charge is 2.37. The van der Waals surface area contributed by atoms with Crippen LogP contribution in [-0.4, -0.2) is 49.5 Å². The van der Waals surface area contributed by atoms with E-state index in [0.717, 1.165) is 32.1 Å². The first kappa shape index (κ1) is 11.4. The maximum Gasteiger partial charge on any atom is 0.0557 e. The van der Waals surface area contributed by atoms with Crippen LogP contribution < -0.4 is 0 Å². The Labute approximate surface area is 92.4 Å². The summed E-state index contributed by atoms with van der Waals surface area (Å²) in [6, 6.07) is 0. The van der Waals surface area contributed by atoms with Crippen molar-refractivity contribution in [2.75, 3.05) is 39.5 Å². The van der Waals surface area contributed by atoms with Crippen LogP contribution in [0.3, 0.4) is 0 Å². The van der Waals surface area contributed by atoms with Gasteiger partial charge in [0.05, 0.1) is 13.2 Å². The van der Waals surface area contributed by atoms with E-state index in [9.17, 15) is 5.11 Å². The van der Waals surface area contributed by atoms with Gasteiger partial charge in [0.2, 0.25) is 0 Å². The van der Waals surface area contributed by atoms with Crippen LogP contribution in [0.25, 0.3) is 0 Å². The van der Waals surface area contributed by atoms with Crippen LogP contribution in [0.4, 0.5) is 0 Å². The van der Waals surface area contributed by atoms with Crippen LogP contribution >= 0.6 is 0 Å². The van der Waals surface area contributed by atoms with Crippen molar-refractivity contribution in [2.45, 2.75) is 26.2 Å². The maximum atomic E-state index is 9.49. The highest BCUT2D eigenvalue weighted by Crippen LogP contribution is 2.31. The summed E-state index contributed by atoms with van der Waals surface area (Å²) in [6.45, 7) is 7.58. The number of likely N-dealkylation sites (tertiary alicyclic amines) is 1. The van der Waals surface area contributed by atoms with E-state index in [-0.39, 0.29) is 12.0 Å². The summed E-state index contributed by atoms with van der Waals surface area (Å²) in [5.41, 5.74) is 0.0443. The molecular weight excluding hydrogens is 190 g/mol. The van der Waals surface area contributed by atoms with Gasteiger partial charge in [-0.1, -0.05) is 13.3 Å². The zero-order valence-corrected chi connectivity index (χ0v) is 9.74. The molecule has 0 saturated carbocycles. The largest absolute Gasteiger partial charge is 0.396 e. The lowest BCUT2D eigenvalue weighted by Crippen LogP contribution is -2.39. The fourth-order valence-electron chi connectivity index (χ4n) is 2.81. The highest BCUT2D eigenvalue weighted by atomic mass is 16.5. The molecule has 2 saturated heterocycles. The summed E-state index contributed by atoms with van der Waals surface area (Å²) in [4.78, 5) is 2.51. The molecule has 1 N–H and O–H groups in total. The monoisotopic (exact) mass is 213 g/mol. The molecule has 2 atom stereocenters. The number of hydrogen-bond donors (Lipinski definition) is 1. The van der Waals surface area contributed by atoms with Crippen molar-refractivity contribution in [3.63, 3.8) is 0 Å². The Hall–Kier alpha value is -0.120. The van der Waals surface area contributed by atoms with Gasteiger partial charge in [-0.25, -0.2) is 0 Å². The topological polar surface area (TPSA) is 32.7 Å². The minimum absolute atomic E-state index is 0.0443. The smallest absolute Gasteiger partial charge is 0.0557 e. The zero-order chi connectivity index (χ0) is 10.7. The summed E-state index contributed by atoms with van der Waals surface area (Å²) < 4.78 is 5.43. The normalized spacial score (nSPS) is 37.6. The first-order valence-corrected chi connectivity index (χ1v) is 6.19. The van der Waals surface area contributed by atoms with Crippen molar-refractivity contribution in [1.82, 2.24) is 4.90 Å². The molecule has 3 nitrogen and oxygen atoms in total. The van der Waals surface area contributed by atoms with E-state index >= 15 is 0 Å². The Kier molecular flexibility index (Phi) is 3.65. The molecule has 15 heavy (non-hydrogen) atoms. The van der Waals surface area contributed by atoms with Gasteiger partial charge in [-0.15, -0.1) is 0 Å². The Morgan fingerprint density at radius 1 is 1.53 bits per heavy atom. The fraction of sp³-hybridized carbons (Fsp3) is 1.00. The lowest BCUT2D eigenvalue weighted by atomic mass is 9.88. The van der Waals surface area contributed by atoms with Crippen molar-refractivity contribution in [3.05, 3.63) is 0 Å². The van der Waals surface area contributed by atoms with Crippen LogP contribution in [0, 0.1) is 11.3 Å². The highest BCUT2D eigenvalue weighted by molar-refractivity contribution is 4.88. The summed E-state index contributed by atoms with van der Waals surface area (Å²) in [7, 11) is 0. The third kappa shape index (κ3) is 2.52. The Balaban J connectivity index is 1.85. The summed E-state index contributed by atoms with van der Waals surface area (Å²) in [6.07, 6.45) is 3.65. The van der Waals surface area contributed by atoms with Crippen LogP contribution in [0.15, 0.2) is 0 Å². The molecule has 2 heterocycles. The Bertz CT molecular complexity index is 202. The number of rotatable bonds is 4. The Morgan fingerprint density at radius 3 is 2.93 bits per heavy atom. The van der Waals surface area contributed by atoms with E-state index in [0.29, 0.717) is 0 Å². The molecule has 0 aliphatic carbocycles. The summed E-state index contributed by atoms with van der Waals surface area (Å²) in [5, 5.41) is 9.49. The quantitative estimate of drug-likeness (QED) is 0.759. The number of hydrogen-bond acceptors (Lipinski definition) is 3. The van der Waals surface area contributed by atoms with Crippen LogP contribution in [0.2, 0.25) is 0 Å². The van der Waals surface area contributed by atoms with E-state index < -0.39 is 0 Å². The van der Waals surface area contributed by atoms with E-state index in [1.165, 1.54) is 25.9 Å². The van der Waals surface area contributed by atoms with Gasteiger partial charge in [-0.05, 0) is 25.3 Å². The second kappa shape index (κ2) is 4.81. The van der Waals surface area contributed by atoms with Gasteiger partial charge in [-0.3, -0.25) is 0 Å². The predicted molar refractivity (Wildman–Crippen MR) is 59.8 cm³/mol. The number of aliphatic hydroxyl groups excluding tert-OH is 1. The molecule has 2 aliphatic rings. The van der Waals surface area contributed by atoms with Crippen molar-refractivity contribution in [3.8, 4) is 0 Å². The predicted octanol–water partition coefficient (Wildman–Crippen LogP) is 1.12. The average molecular weight is 213 g/mol. The van der Waals surface area contributed by atoms with Crippen molar-refractivity contribution in [2.24, 2.45) is 11.3 Å². The van der Waals surface area contributed by atoms with Gasteiger partial charge >= 0.3 is 0 Å². The van der Waals surface area contributed by atoms with Crippen LogP contribution in [0.1, 0.15) is 26.2 Å². The lowest BCUT2D eigenvalue weighted by Gasteiger charge is -2.30. The summed E-state index contributed by atoms with van der Waals surface area (Å²) >= 11 is 0. The van der Waals surface area contributed by atoms with Gasteiger partial charge in [0.15, 0.2) is 0 Å². The van der Waals surface area contributed by atoms with Crippen molar-refractivity contribution < 1.29 is 9.84 Å². The molecule has 3 heteroatoms. The molecule has 0 radical (unpaired) electrons. The SMILES string of the molecule is CCC1CCN(CC2(CO)CCOC2)C1. The van der Waals surface area contributed by atoms with E-state index in [4.69, 9.17) is 4.74 Å². The van der Waals surface area contributed by atoms with Gasteiger partial charge in [0.1, 0.15) is 0 Å². The molecule has 0 aromatic heterocycles. The zero-order valence-electron chi connectivity index (χ0n) is 9.74. The number of nitrogens with zero attached hydrogens (tertiary/aromatic N) is 1. The van der Waals surface area contributed by atoms with Crippen molar-refractivity contribution in [1.29, 1.82) is 0 Å². The molecule has 2 aliphatic heterocycles. The first-order chi connectivity index (χ1) is 7.28. The molecular formula is C12H23NO2. The third-order valence-electron chi connectivity index (χ3n) is 4.03. The second-order valence-electron chi connectivity index (χ2n) is 5.26. The molecule has 0 aromatic rings. The molecule has 0 amide bonds. The first-order valence-electron chi connectivity index (χ1n) is 6.19. The minimum atomic E-state index is 0.0443. The standard InChI is InChI=1S/C12H23NO2/c1-2-11-3-5-13(7-11)8-12(9-14)4-6-15-10-12/h11,14H,2-10H2,1H3. The average Bonchev–Trinajstić information content (AvgIpc) is 2.88. The lowest BCUT2D eigenvalue weighted by molar-refractivity contribution is 0.0628. The van der Waals surface area contributed by atoms with E-state index in [2.05, 4.69) is 11.8 Å². The van der Waals surface area contributed by atoms with E-state index in [1.807, 2.05) is 0 Å². The molecule has 88 valence electrons. The molecule has 0 bridgehead atoms. The maximum absolute atomic E-state index is 9.49. The van der Waals surface area contributed by atoms with Gasteiger partial charge in [0, 0.05) is 25.1 Å². The third-order valence-corrected chi connectivity index (χ3v) is 4.03. The molecule has 0 aromatic carbocycles. The van der Waals surface area contributed by atoms with Crippen molar-refractivity contribution >= 4 is 0 Å². The summed E-state index contributed by atoms with van der Waals surface area (Å²) in [5.74, 6) is 0.878. The van der Waals surface area contributed by atoms with E-state index in [1.54, 1.807) is 0 Å². The second-order valence-corrected chi connectivity index (χ2v) is 5.26. The number of ether oxygens (including phenoxy) is 1. The van der Waals surface area contributed by atoms with Gasteiger partial charge < -0.3 is 14.7 Å². The molecule has 2 fully saturated rings. The number of aliphatic hydroxyl groups is 1. The Morgan fingerprint density at radius 2 is 2.40 bits per heavy atom. The van der Waals surface area contributed by atoms with Crippen LogP contribution in [0.5, 0.6) is 0 Å². The van der Waals surface area contributed by atoms with Gasteiger partial charge in [-0.2, -0.15) is 0 Å². The minimum Gasteiger partial charge on any atom is -0.396 e. The molecule has 2 unspecified atom stereocenters. The fourth-order valence-corrected chi connectivity index (χ4v) is 2.81. The molecule has 2 rings (SSSR count). The van der Waals surface area contributed by atoms with Crippen LogP contribution in [-0.2, 0) is 4.74 Å².